The Morgan fingerprint density at radius 2 is 1.94 bits per heavy atom. The lowest BCUT2D eigenvalue weighted by Crippen LogP contribution is -2.36. The molecule has 0 bridgehead atoms. The molecule has 94 valence electrons. The molecule has 0 spiro atoms. The summed E-state index contributed by atoms with van der Waals surface area (Å²) in [6.07, 6.45) is 5.68. The van der Waals surface area contributed by atoms with Gasteiger partial charge in [0.15, 0.2) is 0 Å². The molecule has 1 aliphatic rings. The van der Waals surface area contributed by atoms with Crippen molar-refractivity contribution in [2.24, 2.45) is 0 Å². The van der Waals surface area contributed by atoms with Crippen molar-refractivity contribution in [3.63, 3.8) is 0 Å². The Balaban J connectivity index is 2.10. The maximum atomic E-state index is 11.5. The monoisotopic (exact) mass is 245 g/mol. The summed E-state index contributed by atoms with van der Waals surface area (Å²) in [7, 11) is 0. The summed E-state index contributed by atoms with van der Waals surface area (Å²) in [4.78, 5) is 11.5. The Labute approximate surface area is 103 Å². The van der Waals surface area contributed by atoms with Gasteiger partial charge >= 0.3 is 6.09 Å². The third-order valence-corrected chi connectivity index (χ3v) is 3.71. The third kappa shape index (κ3) is 6.26. The fourth-order valence-electron chi connectivity index (χ4n) is 1.72. The normalized spacial score (nSPS) is 18.2. The van der Waals surface area contributed by atoms with Gasteiger partial charge < -0.3 is 10.1 Å². The molecule has 1 saturated carbocycles. The van der Waals surface area contributed by atoms with Crippen LogP contribution in [0.5, 0.6) is 0 Å². The predicted octanol–water partition coefficient (Wildman–Crippen LogP) is 3.53. The molecule has 0 unspecified atom stereocenters. The Morgan fingerprint density at radius 1 is 1.31 bits per heavy atom. The number of alkyl carbamates (subject to hydrolysis) is 1. The zero-order valence-electron chi connectivity index (χ0n) is 10.5. The molecule has 3 nitrogen and oxygen atoms in total. The number of nitrogens with one attached hydrogen (secondary N) is 1. The van der Waals surface area contributed by atoms with Crippen molar-refractivity contribution in [2.45, 2.75) is 63.7 Å². The molecule has 4 heteroatoms. The summed E-state index contributed by atoms with van der Waals surface area (Å²) in [5.74, 6) is 0.433. The maximum absolute atomic E-state index is 11.5. The van der Waals surface area contributed by atoms with Gasteiger partial charge in [-0.25, -0.2) is 4.79 Å². The van der Waals surface area contributed by atoms with Crippen LogP contribution >= 0.6 is 11.8 Å². The van der Waals surface area contributed by atoms with Crippen LogP contribution in [0, 0.1) is 0 Å². The summed E-state index contributed by atoms with van der Waals surface area (Å²) in [5.41, 5.74) is 0. The second-order valence-corrected chi connectivity index (χ2v) is 7.03. The third-order valence-electron chi connectivity index (χ3n) is 2.61. The highest BCUT2D eigenvalue weighted by Gasteiger charge is 2.17. The molecule has 0 saturated heterocycles. The number of carbonyl (C=O) groups is 1. The minimum absolute atomic E-state index is 0.144. The van der Waals surface area contributed by atoms with E-state index in [9.17, 15) is 4.79 Å². The van der Waals surface area contributed by atoms with Crippen molar-refractivity contribution in [3.8, 4) is 0 Å². The van der Waals surface area contributed by atoms with Crippen molar-refractivity contribution in [3.05, 3.63) is 0 Å². The van der Waals surface area contributed by atoms with Gasteiger partial charge in [-0.2, -0.15) is 0 Å². The summed E-state index contributed by atoms with van der Waals surface area (Å²) in [6, 6.07) is 0.334. The Hall–Kier alpha value is -0.380. The van der Waals surface area contributed by atoms with Gasteiger partial charge in [-0.15, -0.1) is 11.8 Å². The van der Waals surface area contributed by atoms with Gasteiger partial charge in [0.1, 0.15) is 5.94 Å². The molecule has 0 aromatic heterocycles. The van der Waals surface area contributed by atoms with Crippen LogP contribution in [-0.4, -0.2) is 22.8 Å². The summed E-state index contributed by atoms with van der Waals surface area (Å²) >= 11 is 1.64. The highest BCUT2D eigenvalue weighted by molar-refractivity contribution is 8.00. The van der Waals surface area contributed by atoms with Crippen molar-refractivity contribution < 1.29 is 9.53 Å². The molecule has 0 radical (unpaired) electrons. The molecule has 1 N–H and O–H groups in total. The number of carbonyl (C=O) groups excluding carboxylic acids is 1. The summed E-state index contributed by atoms with van der Waals surface area (Å²) in [5, 5.41) is 2.93. The minimum atomic E-state index is -0.261. The van der Waals surface area contributed by atoms with Crippen molar-refractivity contribution >= 4 is 17.9 Å². The second-order valence-electron chi connectivity index (χ2n) is 5.29. The van der Waals surface area contributed by atoms with Gasteiger partial charge in [0.25, 0.3) is 0 Å². The number of amides is 1. The lowest BCUT2D eigenvalue weighted by Gasteiger charge is -2.23. The van der Waals surface area contributed by atoms with E-state index < -0.39 is 0 Å². The first kappa shape index (κ1) is 13.7. The molecule has 0 aromatic carbocycles. The number of ether oxygens (including phenoxy) is 1. The molecule has 0 aliphatic heterocycles. The molecular formula is C12H23NO2S. The van der Waals surface area contributed by atoms with Crippen LogP contribution < -0.4 is 5.32 Å². The van der Waals surface area contributed by atoms with E-state index in [1.54, 1.807) is 11.8 Å². The van der Waals surface area contributed by atoms with Crippen LogP contribution in [0.1, 0.15) is 52.9 Å². The molecule has 1 aliphatic carbocycles. The first-order chi connectivity index (χ1) is 7.47. The van der Waals surface area contributed by atoms with Crippen LogP contribution in [0.3, 0.4) is 0 Å². The largest absolute Gasteiger partial charge is 0.438 e. The van der Waals surface area contributed by atoms with Gasteiger partial charge in [-0.3, -0.25) is 0 Å². The molecule has 0 atom stereocenters. The average Bonchev–Trinajstić information content (AvgIpc) is 2.17. The van der Waals surface area contributed by atoms with Crippen molar-refractivity contribution in [1.82, 2.24) is 5.32 Å². The molecule has 1 amide bonds. The van der Waals surface area contributed by atoms with Crippen LogP contribution in [0.4, 0.5) is 4.79 Å². The van der Waals surface area contributed by atoms with E-state index in [-0.39, 0.29) is 10.8 Å². The van der Waals surface area contributed by atoms with Gasteiger partial charge in [0.05, 0.1) is 0 Å². The van der Waals surface area contributed by atoms with E-state index in [2.05, 4.69) is 26.1 Å². The van der Waals surface area contributed by atoms with E-state index in [4.69, 9.17) is 4.74 Å². The highest BCUT2D eigenvalue weighted by atomic mass is 32.2. The number of hydrogen-bond acceptors (Lipinski definition) is 3. The number of thioether (sulfide) groups is 1. The average molecular weight is 245 g/mol. The van der Waals surface area contributed by atoms with Crippen LogP contribution in [-0.2, 0) is 4.74 Å². The van der Waals surface area contributed by atoms with Crippen LogP contribution in [0.2, 0.25) is 0 Å². The SMILES string of the molecule is CC(C)(C)SCOC(=O)NC1CCCCC1. The minimum Gasteiger partial charge on any atom is -0.438 e. The predicted molar refractivity (Wildman–Crippen MR) is 68.7 cm³/mol. The van der Waals surface area contributed by atoms with Crippen molar-refractivity contribution in [1.29, 1.82) is 0 Å². The quantitative estimate of drug-likeness (QED) is 0.773. The Kier molecular flexibility index (Phi) is 5.46. The topological polar surface area (TPSA) is 38.3 Å². The van der Waals surface area contributed by atoms with Crippen LogP contribution in [0.25, 0.3) is 0 Å². The lowest BCUT2D eigenvalue weighted by molar-refractivity contribution is 0.158. The number of rotatable bonds is 3. The van der Waals surface area contributed by atoms with E-state index in [1.165, 1.54) is 19.3 Å². The molecule has 16 heavy (non-hydrogen) atoms. The standard InChI is InChI=1S/C12H23NO2S/c1-12(2,3)16-9-15-11(14)13-10-7-5-4-6-8-10/h10H,4-9H2,1-3H3,(H,13,14). The Morgan fingerprint density at radius 3 is 2.50 bits per heavy atom. The first-order valence-corrected chi connectivity index (χ1v) is 7.03. The van der Waals surface area contributed by atoms with Crippen LogP contribution in [0.15, 0.2) is 0 Å². The Bertz CT molecular complexity index is 220. The van der Waals surface area contributed by atoms with E-state index in [0.717, 1.165) is 12.8 Å². The second kappa shape index (κ2) is 6.38. The van der Waals surface area contributed by atoms with Crippen molar-refractivity contribution in [2.75, 3.05) is 5.94 Å². The van der Waals surface area contributed by atoms with E-state index in [0.29, 0.717) is 12.0 Å². The van der Waals surface area contributed by atoms with E-state index >= 15 is 0 Å². The summed E-state index contributed by atoms with van der Waals surface area (Å²) in [6.45, 7) is 6.33. The van der Waals surface area contributed by atoms with Gasteiger partial charge in [-0.1, -0.05) is 40.0 Å². The smallest absolute Gasteiger partial charge is 0.408 e. The van der Waals surface area contributed by atoms with Gasteiger partial charge in [0, 0.05) is 10.8 Å². The molecule has 1 fully saturated rings. The first-order valence-electron chi connectivity index (χ1n) is 6.04. The lowest BCUT2D eigenvalue weighted by atomic mass is 9.96. The molecule has 0 aromatic rings. The molecule has 0 heterocycles. The molecular weight excluding hydrogens is 222 g/mol. The van der Waals surface area contributed by atoms with Gasteiger partial charge in [-0.05, 0) is 12.8 Å². The molecule has 1 rings (SSSR count). The zero-order valence-corrected chi connectivity index (χ0v) is 11.4. The highest BCUT2D eigenvalue weighted by Crippen LogP contribution is 2.23. The fraction of sp³-hybridized carbons (Fsp3) is 0.917. The zero-order chi connectivity index (χ0) is 12.0. The number of hydrogen-bond donors (Lipinski definition) is 1. The maximum Gasteiger partial charge on any atom is 0.408 e. The fourth-order valence-corrected chi connectivity index (χ4v) is 2.23. The van der Waals surface area contributed by atoms with Gasteiger partial charge in [0.2, 0.25) is 0 Å². The van der Waals surface area contributed by atoms with E-state index in [1.807, 2.05) is 0 Å². The summed E-state index contributed by atoms with van der Waals surface area (Å²) < 4.78 is 5.28.